The molecule has 0 atom stereocenters. The summed E-state index contributed by atoms with van der Waals surface area (Å²) < 4.78 is 37.2. The highest BCUT2D eigenvalue weighted by molar-refractivity contribution is 7.91. The van der Waals surface area contributed by atoms with E-state index in [0.29, 0.717) is 35.7 Å². The van der Waals surface area contributed by atoms with E-state index in [2.05, 4.69) is 4.90 Å². The number of hydrogen-bond donors (Lipinski definition) is 0. The van der Waals surface area contributed by atoms with Crippen LogP contribution in [0.3, 0.4) is 0 Å². The molecule has 0 unspecified atom stereocenters. The third-order valence-electron chi connectivity index (χ3n) is 6.23. The van der Waals surface area contributed by atoms with E-state index in [0.717, 1.165) is 41.8 Å². The van der Waals surface area contributed by atoms with Gasteiger partial charge < -0.3 is 9.47 Å². The van der Waals surface area contributed by atoms with Crippen LogP contribution in [0.4, 0.5) is 5.13 Å². The first-order chi connectivity index (χ1) is 17.3. The molecule has 0 saturated carbocycles. The highest BCUT2D eigenvalue weighted by Crippen LogP contribution is 2.34. The van der Waals surface area contributed by atoms with Crippen molar-refractivity contribution in [1.82, 2.24) is 9.88 Å². The highest BCUT2D eigenvalue weighted by atomic mass is 35.5. The predicted molar refractivity (Wildman–Crippen MR) is 143 cm³/mol. The van der Waals surface area contributed by atoms with Gasteiger partial charge in [-0.25, -0.2) is 13.4 Å². The number of thiazole rings is 1. The molecule has 1 aliphatic heterocycles. The number of anilines is 1. The maximum atomic E-state index is 13.4. The number of benzene rings is 2. The number of sulfone groups is 1. The molecule has 1 aromatic heterocycles. The van der Waals surface area contributed by atoms with Crippen LogP contribution in [0, 0.1) is 6.92 Å². The first-order valence-electron chi connectivity index (χ1n) is 11.8. The monoisotopic (exact) mass is 551 g/mol. The summed E-state index contributed by atoms with van der Waals surface area (Å²) in [5.74, 6) is 0.0213. The van der Waals surface area contributed by atoms with E-state index in [-0.39, 0.29) is 23.0 Å². The van der Waals surface area contributed by atoms with E-state index >= 15 is 0 Å². The number of hydrogen-bond acceptors (Lipinski definition) is 8. The molecule has 36 heavy (non-hydrogen) atoms. The fraction of sp³-hybridized carbons (Fsp3) is 0.440. The zero-order chi connectivity index (χ0) is 25.7. The molecule has 194 valence electrons. The molecule has 2 aromatic carbocycles. The number of aryl methyl sites for hydroxylation is 1. The molecule has 4 rings (SSSR count). The largest absolute Gasteiger partial charge is 0.497 e. The standard InChI is InChI=1S/C25H30ClN3O5S2/c1-18-21(26)8-9-22-24(18)27-25(35-22)29(12-3-11-28-13-15-34-16-14-28)23(30)10-17-36(31,32)20-6-4-19(33-2)5-7-20/h4-9H,3,10-17H2,1-2H3. The Hall–Kier alpha value is -2.24. The second kappa shape index (κ2) is 11.9. The van der Waals surface area contributed by atoms with Gasteiger partial charge in [0.05, 0.1) is 41.2 Å². The van der Waals surface area contributed by atoms with Crippen LogP contribution < -0.4 is 9.64 Å². The minimum absolute atomic E-state index is 0.137. The molecule has 0 radical (unpaired) electrons. The van der Waals surface area contributed by atoms with Gasteiger partial charge in [-0.2, -0.15) is 0 Å². The van der Waals surface area contributed by atoms with Gasteiger partial charge >= 0.3 is 0 Å². The number of rotatable bonds is 10. The minimum Gasteiger partial charge on any atom is -0.497 e. The van der Waals surface area contributed by atoms with E-state index in [1.165, 1.54) is 30.6 Å². The van der Waals surface area contributed by atoms with E-state index < -0.39 is 9.84 Å². The third-order valence-corrected chi connectivity index (χ3v) is 9.42. The van der Waals surface area contributed by atoms with E-state index in [1.807, 2.05) is 19.1 Å². The molecule has 1 saturated heterocycles. The highest BCUT2D eigenvalue weighted by Gasteiger charge is 2.24. The van der Waals surface area contributed by atoms with Crippen molar-refractivity contribution < 1.29 is 22.7 Å². The number of morpholine rings is 1. The summed E-state index contributed by atoms with van der Waals surface area (Å²) in [5.41, 5.74) is 1.62. The van der Waals surface area contributed by atoms with Crippen LogP contribution in [0.1, 0.15) is 18.4 Å². The smallest absolute Gasteiger partial charge is 0.229 e. The summed E-state index contributed by atoms with van der Waals surface area (Å²) in [6.07, 6.45) is 0.605. The van der Waals surface area contributed by atoms with Gasteiger partial charge in [-0.1, -0.05) is 22.9 Å². The fourth-order valence-corrected chi connectivity index (χ4v) is 6.52. The molecular weight excluding hydrogens is 522 g/mol. The Balaban J connectivity index is 1.50. The quantitative estimate of drug-likeness (QED) is 0.373. The lowest BCUT2D eigenvalue weighted by Crippen LogP contribution is -2.39. The van der Waals surface area contributed by atoms with Crippen molar-refractivity contribution in [3.63, 3.8) is 0 Å². The number of fused-ring (bicyclic) bond motifs is 1. The first-order valence-corrected chi connectivity index (χ1v) is 14.7. The molecule has 0 spiro atoms. The summed E-state index contributed by atoms with van der Waals surface area (Å²) in [6, 6.07) is 9.92. The Morgan fingerprint density at radius 1 is 1.19 bits per heavy atom. The predicted octanol–water partition coefficient (Wildman–Crippen LogP) is 4.19. The van der Waals surface area contributed by atoms with Crippen molar-refractivity contribution in [2.75, 3.05) is 57.2 Å². The molecule has 11 heteroatoms. The summed E-state index contributed by atoms with van der Waals surface area (Å²) in [5, 5.41) is 1.18. The average Bonchev–Trinajstić information content (AvgIpc) is 3.33. The molecule has 3 aromatic rings. The van der Waals surface area contributed by atoms with Gasteiger partial charge in [0.2, 0.25) is 5.91 Å². The Labute approximate surface area is 220 Å². The summed E-state index contributed by atoms with van der Waals surface area (Å²) >= 11 is 7.69. The lowest BCUT2D eigenvalue weighted by atomic mass is 10.2. The van der Waals surface area contributed by atoms with Crippen molar-refractivity contribution in [2.45, 2.75) is 24.7 Å². The van der Waals surface area contributed by atoms with Gasteiger partial charge in [0.25, 0.3) is 0 Å². The van der Waals surface area contributed by atoms with Crippen molar-refractivity contribution in [3.8, 4) is 5.75 Å². The van der Waals surface area contributed by atoms with Gasteiger partial charge in [0.1, 0.15) is 5.75 Å². The molecule has 8 nitrogen and oxygen atoms in total. The maximum absolute atomic E-state index is 13.4. The number of carbonyl (C=O) groups excluding carboxylic acids is 1. The fourth-order valence-electron chi connectivity index (χ4n) is 4.07. The van der Waals surface area contributed by atoms with Crippen molar-refractivity contribution in [3.05, 3.63) is 47.0 Å². The van der Waals surface area contributed by atoms with E-state index in [1.54, 1.807) is 17.0 Å². The van der Waals surface area contributed by atoms with Gasteiger partial charge in [0, 0.05) is 37.6 Å². The van der Waals surface area contributed by atoms with Crippen LogP contribution in [0.25, 0.3) is 10.2 Å². The summed E-state index contributed by atoms with van der Waals surface area (Å²) in [4.78, 5) is 22.2. The summed E-state index contributed by atoms with van der Waals surface area (Å²) in [6.45, 7) is 6.34. The van der Waals surface area contributed by atoms with Gasteiger partial charge in [-0.05, 0) is 55.3 Å². The number of halogens is 1. The Morgan fingerprint density at radius 2 is 1.92 bits per heavy atom. The molecule has 2 heterocycles. The number of methoxy groups -OCH3 is 1. The number of amides is 1. The average molecular weight is 552 g/mol. The van der Waals surface area contributed by atoms with Crippen molar-refractivity contribution in [2.24, 2.45) is 0 Å². The lowest BCUT2D eigenvalue weighted by Gasteiger charge is -2.27. The second-order valence-corrected chi connectivity index (χ2v) is 12.1. The Kier molecular flexibility index (Phi) is 8.84. The van der Waals surface area contributed by atoms with E-state index in [9.17, 15) is 13.2 Å². The summed E-state index contributed by atoms with van der Waals surface area (Å²) in [7, 11) is -2.11. The zero-order valence-corrected chi connectivity index (χ0v) is 22.8. The third kappa shape index (κ3) is 6.36. The van der Waals surface area contributed by atoms with Gasteiger partial charge in [-0.3, -0.25) is 14.6 Å². The van der Waals surface area contributed by atoms with Crippen LogP contribution in [0.5, 0.6) is 5.75 Å². The van der Waals surface area contributed by atoms with E-state index in [4.69, 9.17) is 26.1 Å². The van der Waals surface area contributed by atoms with Gasteiger partial charge in [0.15, 0.2) is 15.0 Å². The molecule has 1 fully saturated rings. The number of carbonyl (C=O) groups is 1. The Morgan fingerprint density at radius 3 is 2.61 bits per heavy atom. The van der Waals surface area contributed by atoms with Crippen LogP contribution in [-0.4, -0.2) is 76.5 Å². The number of nitrogens with zero attached hydrogens (tertiary/aromatic N) is 3. The van der Waals surface area contributed by atoms with Crippen LogP contribution >= 0.6 is 22.9 Å². The Bertz CT molecular complexity index is 1310. The minimum atomic E-state index is -3.63. The number of ether oxygens (including phenoxy) is 2. The molecule has 0 aliphatic carbocycles. The zero-order valence-electron chi connectivity index (χ0n) is 20.4. The maximum Gasteiger partial charge on any atom is 0.229 e. The van der Waals surface area contributed by atoms with Crippen molar-refractivity contribution in [1.29, 1.82) is 0 Å². The van der Waals surface area contributed by atoms with Crippen LogP contribution in [-0.2, 0) is 19.4 Å². The second-order valence-electron chi connectivity index (χ2n) is 8.61. The SMILES string of the molecule is COc1ccc(S(=O)(=O)CCC(=O)N(CCCN2CCOCC2)c2nc3c(C)c(Cl)ccc3s2)cc1. The molecule has 0 bridgehead atoms. The normalized spacial score (nSPS) is 14.8. The van der Waals surface area contributed by atoms with Crippen molar-refractivity contribution >= 4 is 54.0 Å². The lowest BCUT2D eigenvalue weighted by molar-refractivity contribution is -0.118. The molecule has 1 aliphatic rings. The molecule has 0 N–H and O–H groups in total. The molecular formula is C25H30ClN3O5S2. The van der Waals surface area contributed by atoms with Crippen LogP contribution in [0.15, 0.2) is 41.3 Å². The van der Waals surface area contributed by atoms with Crippen LogP contribution in [0.2, 0.25) is 5.02 Å². The number of aromatic nitrogens is 1. The van der Waals surface area contributed by atoms with Gasteiger partial charge in [-0.15, -0.1) is 0 Å². The topological polar surface area (TPSA) is 89.0 Å². The molecule has 1 amide bonds. The first kappa shape index (κ1) is 26.8.